The van der Waals surface area contributed by atoms with E-state index in [0.29, 0.717) is 22.7 Å². The van der Waals surface area contributed by atoms with Gasteiger partial charge in [0.2, 0.25) is 5.95 Å². The molecule has 8 heteroatoms. The number of para-hydroxylation sites is 2. The lowest BCUT2D eigenvalue weighted by atomic mass is 10.2. The van der Waals surface area contributed by atoms with Crippen LogP contribution in [-0.4, -0.2) is 26.0 Å². The number of fused-ring (bicyclic) bond motifs is 1. The van der Waals surface area contributed by atoms with Crippen LogP contribution >= 0.6 is 0 Å². The molecule has 0 saturated heterocycles. The molecular formula is C14H10N4O4. The fourth-order valence-electron chi connectivity index (χ4n) is 2.07. The number of benzene rings is 2. The van der Waals surface area contributed by atoms with Gasteiger partial charge < -0.3 is 15.4 Å². The Hall–Kier alpha value is -3.42. The monoisotopic (exact) mass is 298 g/mol. The minimum absolute atomic E-state index is 0.0748. The van der Waals surface area contributed by atoms with Crippen molar-refractivity contribution >= 4 is 34.3 Å². The largest absolute Gasteiger partial charge is 0.478 e. The molecular weight excluding hydrogens is 288 g/mol. The van der Waals surface area contributed by atoms with E-state index in [-0.39, 0.29) is 11.3 Å². The zero-order valence-corrected chi connectivity index (χ0v) is 11.1. The normalized spacial score (nSPS) is 10.5. The molecule has 0 radical (unpaired) electrons. The number of aromatic amines is 1. The number of carboxylic acid groups (broad SMARTS) is 1. The average molecular weight is 298 g/mol. The molecule has 22 heavy (non-hydrogen) atoms. The second-order valence-electron chi connectivity index (χ2n) is 4.52. The maximum Gasteiger partial charge on any atom is 0.335 e. The Kier molecular flexibility index (Phi) is 3.18. The minimum Gasteiger partial charge on any atom is -0.478 e. The van der Waals surface area contributed by atoms with Gasteiger partial charge in [0.15, 0.2) is 0 Å². The standard InChI is InChI=1S/C14H10N4O4/c19-13(20)8-5-6-9-11(7-8)17-14(15-9)16-10-3-1-2-4-12(10)18(21)22/h1-7H,(H,19,20)(H2,15,16,17). The average Bonchev–Trinajstić information content (AvgIpc) is 2.88. The van der Waals surface area contributed by atoms with Gasteiger partial charge in [-0.3, -0.25) is 10.1 Å². The molecule has 0 bridgehead atoms. The molecule has 0 amide bonds. The Labute approximate surface area is 123 Å². The topological polar surface area (TPSA) is 121 Å². The zero-order valence-electron chi connectivity index (χ0n) is 11.1. The van der Waals surface area contributed by atoms with Crippen LogP contribution in [0.1, 0.15) is 10.4 Å². The summed E-state index contributed by atoms with van der Waals surface area (Å²) in [5.41, 5.74) is 1.44. The molecule has 0 aliphatic heterocycles. The number of aromatic nitrogens is 2. The van der Waals surface area contributed by atoms with Crippen LogP contribution in [0.25, 0.3) is 11.0 Å². The molecule has 3 aromatic rings. The number of carboxylic acids is 1. The first-order valence-electron chi connectivity index (χ1n) is 6.28. The highest BCUT2D eigenvalue weighted by Gasteiger charge is 2.14. The molecule has 0 aliphatic carbocycles. The van der Waals surface area contributed by atoms with Crippen molar-refractivity contribution in [3.8, 4) is 0 Å². The van der Waals surface area contributed by atoms with Crippen LogP contribution in [0.5, 0.6) is 0 Å². The molecule has 0 saturated carbocycles. The lowest BCUT2D eigenvalue weighted by Crippen LogP contribution is -1.97. The quantitative estimate of drug-likeness (QED) is 0.503. The molecule has 3 rings (SSSR count). The smallest absolute Gasteiger partial charge is 0.335 e. The summed E-state index contributed by atoms with van der Waals surface area (Å²) in [4.78, 5) is 28.5. The van der Waals surface area contributed by atoms with Crippen LogP contribution in [0.2, 0.25) is 0 Å². The van der Waals surface area contributed by atoms with E-state index < -0.39 is 10.9 Å². The van der Waals surface area contributed by atoms with E-state index >= 15 is 0 Å². The Bertz CT molecular complexity index is 887. The molecule has 0 spiro atoms. The van der Waals surface area contributed by atoms with Gasteiger partial charge in [-0.05, 0) is 24.3 Å². The lowest BCUT2D eigenvalue weighted by molar-refractivity contribution is -0.383. The SMILES string of the molecule is O=C(O)c1ccc2nc(Nc3ccccc3[N+](=O)[O-])[nH]c2c1. The number of nitrogens with zero attached hydrogens (tertiary/aromatic N) is 2. The van der Waals surface area contributed by atoms with Crippen LogP contribution < -0.4 is 5.32 Å². The fourth-order valence-corrected chi connectivity index (χ4v) is 2.07. The predicted molar refractivity (Wildman–Crippen MR) is 79.4 cm³/mol. The van der Waals surface area contributed by atoms with Gasteiger partial charge in [0.05, 0.1) is 21.5 Å². The van der Waals surface area contributed by atoms with E-state index in [4.69, 9.17) is 5.11 Å². The van der Waals surface area contributed by atoms with Crippen molar-refractivity contribution in [2.24, 2.45) is 0 Å². The molecule has 2 aromatic carbocycles. The number of hydrogen-bond donors (Lipinski definition) is 3. The summed E-state index contributed by atoms with van der Waals surface area (Å²) in [5.74, 6) is -0.739. The number of imidazole rings is 1. The van der Waals surface area contributed by atoms with E-state index in [9.17, 15) is 14.9 Å². The van der Waals surface area contributed by atoms with Crippen LogP contribution in [0, 0.1) is 10.1 Å². The minimum atomic E-state index is -1.04. The summed E-state index contributed by atoms with van der Waals surface area (Å²) >= 11 is 0. The molecule has 8 nitrogen and oxygen atoms in total. The third-order valence-corrected chi connectivity index (χ3v) is 3.08. The third-order valence-electron chi connectivity index (χ3n) is 3.08. The number of nitrogens with one attached hydrogen (secondary N) is 2. The van der Waals surface area contributed by atoms with Crippen molar-refractivity contribution in [3.05, 3.63) is 58.1 Å². The van der Waals surface area contributed by atoms with Crippen molar-refractivity contribution in [2.45, 2.75) is 0 Å². The van der Waals surface area contributed by atoms with Gasteiger partial charge in [-0.15, -0.1) is 0 Å². The summed E-state index contributed by atoms with van der Waals surface area (Å²) < 4.78 is 0. The molecule has 1 heterocycles. The van der Waals surface area contributed by atoms with Gasteiger partial charge in [0.1, 0.15) is 5.69 Å². The molecule has 3 N–H and O–H groups in total. The van der Waals surface area contributed by atoms with Gasteiger partial charge in [-0.1, -0.05) is 12.1 Å². The molecule has 110 valence electrons. The summed E-state index contributed by atoms with van der Waals surface area (Å²) in [7, 11) is 0. The van der Waals surface area contributed by atoms with Crippen LogP contribution in [-0.2, 0) is 0 Å². The van der Waals surface area contributed by atoms with Gasteiger partial charge >= 0.3 is 5.97 Å². The van der Waals surface area contributed by atoms with E-state index in [1.54, 1.807) is 24.3 Å². The van der Waals surface area contributed by atoms with Gasteiger partial charge in [-0.2, -0.15) is 0 Å². The highest BCUT2D eigenvalue weighted by molar-refractivity contribution is 5.92. The van der Waals surface area contributed by atoms with Crippen molar-refractivity contribution in [2.75, 3.05) is 5.32 Å². The van der Waals surface area contributed by atoms with E-state index in [1.165, 1.54) is 18.2 Å². The number of H-pyrrole nitrogens is 1. The number of nitro benzene ring substituents is 1. The zero-order chi connectivity index (χ0) is 15.7. The van der Waals surface area contributed by atoms with Crippen LogP contribution in [0.15, 0.2) is 42.5 Å². The Morgan fingerprint density at radius 3 is 2.77 bits per heavy atom. The summed E-state index contributed by atoms with van der Waals surface area (Å²) in [6.45, 7) is 0. The molecule has 0 atom stereocenters. The Morgan fingerprint density at radius 1 is 1.27 bits per heavy atom. The van der Waals surface area contributed by atoms with Gasteiger partial charge in [0, 0.05) is 6.07 Å². The van der Waals surface area contributed by atoms with Crippen molar-refractivity contribution in [1.82, 2.24) is 9.97 Å². The van der Waals surface area contributed by atoms with Crippen LogP contribution in [0.4, 0.5) is 17.3 Å². The second kappa shape index (κ2) is 5.17. The third kappa shape index (κ3) is 2.44. The Balaban J connectivity index is 1.98. The predicted octanol–water partition coefficient (Wildman–Crippen LogP) is 2.91. The van der Waals surface area contributed by atoms with Gasteiger partial charge in [0.25, 0.3) is 5.69 Å². The van der Waals surface area contributed by atoms with Crippen molar-refractivity contribution < 1.29 is 14.8 Å². The van der Waals surface area contributed by atoms with Crippen molar-refractivity contribution in [1.29, 1.82) is 0 Å². The van der Waals surface area contributed by atoms with E-state index in [1.807, 2.05) is 0 Å². The number of nitro groups is 1. The summed E-state index contributed by atoms with van der Waals surface area (Å²) in [5, 5.41) is 22.8. The first-order chi connectivity index (χ1) is 10.5. The molecule has 0 aliphatic rings. The maximum atomic E-state index is 11.0. The summed E-state index contributed by atoms with van der Waals surface area (Å²) in [6.07, 6.45) is 0. The second-order valence-corrected chi connectivity index (χ2v) is 4.52. The highest BCUT2D eigenvalue weighted by Crippen LogP contribution is 2.27. The van der Waals surface area contributed by atoms with E-state index in [0.717, 1.165) is 0 Å². The number of carbonyl (C=O) groups is 1. The van der Waals surface area contributed by atoms with E-state index in [2.05, 4.69) is 15.3 Å². The number of anilines is 2. The molecule has 1 aromatic heterocycles. The molecule has 0 fully saturated rings. The number of aromatic carboxylic acids is 1. The van der Waals surface area contributed by atoms with Gasteiger partial charge in [-0.25, -0.2) is 9.78 Å². The first kappa shape index (κ1) is 13.6. The lowest BCUT2D eigenvalue weighted by Gasteiger charge is -2.02. The number of hydrogen-bond acceptors (Lipinski definition) is 5. The Morgan fingerprint density at radius 2 is 2.05 bits per heavy atom. The summed E-state index contributed by atoms with van der Waals surface area (Å²) in [6, 6.07) is 10.7. The fraction of sp³-hybridized carbons (Fsp3) is 0. The highest BCUT2D eigenvalue weighted by atomic mass is 16.6. The first-order valence-corrected chi connectivity index (χ1v) is 6.28. The maximum absolute atomic E-state index is 11.0. The molecule has 0 unspecified atom stereocenters. The van der Waals surface area contributed by atoms with Crippen LogP contribution in [0.3, 0.4) is 0 Å². The number of rotatable bonds is 4. The van der Waals surface area contributed by atoms with Crippen molar-refractivity contribution in [3.63, 3.8) is 0 Å².